The molecule has 0 aromatic heterocycles. The van der Waals surface area contributed by atoms with Crippen molar-refractivity contribution in [2.24, 2.45) is 0 Å². The Hall–Kier alpha value is -3.10. The van der Waals surface area contributed by atoms with Gasteiger partial charge < -0.3 is 15.0 Å². The van der Waals surface area contributed by atoms with Crippen LogP contribution < -0.4 is 5.32 Å². The Morgan fingerprint density at radius 3 is 2.08 bits per heavy atom. The Balaban J connectivity index is 2.17. The summed E-state index contributed by atoms with van der Waals surface area (Å²) in [6, 6.07) is 21.9. The van der Waals surface area contributed by atoms with Crippen molar-refractivity contribution < 1.29 is 9.53 Å². The molecular weight excluding hydrogens is 326 g/mol. The van der Waals surface area contributed by atoms with Gasteiger partial charge in [0.25, 0.3) is 5.91 Å². The molecule has 0 aliphatic heterocycles. The Labute approximate surface area is 154 Å². The molecule has 1 N–H and O–H groups in total. The standard InChI is InChI=1S/C21H23N3O2/c1-26-13-12-23-21(25)20(14-22)17-24(15-18-8-4-2-5-9-18)16-19-10-6-3-7-11-19/h2-11,17H,12-13,15-16H2,1H3,(H,23,25)/b20-17-. The van der Waals surface area contributed by atoms with E-state index in [9.17, 15) is 10.1 Å². The zero-order valence-electron chi connectivity index (χ0n) is 14.9. The summed E-state index contributed by atoms with van der Waals surface area (Å²) in [5, 5.41) is 12.1. The van der Waals surface area contributed by atoms with Crippen LogP contribution in [0.1, 0.15) is 11.1 Å². The molecule has 2 aromatic carbocycles. The van der Waals surface area contributed by atoms with E-state index < -0.39 is 5.91 Å². The number of nitrogens with zero attached hydrogens (tertiary/aromatic N) is 2. The van der Waals surface area contributed by atoms with Gasteiger partial charge in [0.05, 0.1) is 6.61 Å². The number of nitrogens with one attached hydrogen (secondary N) is 1. The van der Waals surface area contributed by atoms with E-state index in [1.807, 2.05) is 71.6 Å². The van der Waals surface area contributed by atoms with Gasteiger partial charge in [-0.1, -0.05) is 60.7 Å². The fourth-order valence-corrected chi connectivity index (χ4v) is 2.47. The highest BCUT2D eigenvalue weighted by Gasteiger charge is 2.12. The van der Waals surface area contributed by atoms with Crippen molar-refractivity contribution >= 4 is 5.91 Å². The first-order chi connectivity index (χ1) is 12.7. The topological polar surface area (TPSA) is 65.4 Å². The van der Waals surface area contributed by atoms with Crippen LogP contribution in [0.2, 0.25) is 0 Å². The Morgan fingerprint density at radius 2 is 1.62 bits per heavy atom. The van der Waals surface area contributed by atoms with E-state index in [0.29, 0.717) is 26.2 Å². The number of rotatable bonds is 9. The number of methoxy groups -OCH3 is 1. The van der Waals surface area contributed by atoms with Crippen LogP contribution in [0.5, 0.6) is 0 Å². The van der Waals surface area contributed by atoms with E-state index in [2.05, 4.69) is 5.32 Å². The van der Waals surface area contributed by atoms with Gasteiger partial charge in [0.1, 0.15) is 11.6 Å². The lowest BCUT2D eigenvalue weighted by molar-refractivity contribution is -0.117. The lowest BCUT2D eigenvalue weighted by atomic mass is 10.1. The average molecular weight is 349 g/mol. The summed E-state index contributed by atoms with van der Waals surface area (Å²) in [6.07, 6.45) is 1.63. The van der Waals surface area contributed by atoms with E-state index in [-0.39, 0.29) is 5.57 Å². The fraction of sp³-hybridized carbons (Fsp3) is 0.238. The number of amides is 1. The summed E-state index contributed by atoms with van der Waals surface area (Å²) in [6.45, 7) is 1.98. The second-order valence-corrected chi connectivity index (χ2v) is 5.78. The normalized spacial score (nSPS) is 10.8. The summed E-state index contributed by atoms with van der Waals surface area (Å²) in [7, 11) is 1.56. The van der Waals surface area contributed by atoms with Crippen LogP contribution in [0.4, 0.5) is 0 Å². The Morgan fingerprint density at radius 1 is 1.08 bits per heavy atom. The van der Waals surface area contributed by atoms with Crippen molar-refractivity contribution in [1.29, 1.82) is 5.26 Å². The maximum atomic E-state index is 12.2. The average Bonchev–Trinajstić information content (AvgIpc) is 2.67. The minimum absolute atomic E-state index is 0.0768. The Kier molecular flexibility index (Phi) is 7.91. The molecule has 1 amide bonds. The van der Waals surface area contributed by atoms with Crippen molar-refractivity contribution in [3.63, 3.8) is 0 Å². The number of nitriles is 1. The molecule has 5 heteroatoms. The van der Waals surface area contributed by atoms with Gasteiger partial charge in [-0.05, 0) is 11.1 Å². The molecule has 0 saturated carbocycles. The third-order valence-electron chi connectivity index (χ3n) is 3.73. The van der Waals surface area contributed by atoms with Gasteiger partial charge >= 0.3 is 0 Å². The molecule has 0 heterocycles. The number of ether oxygens (including phenoxy) is 1. The molecule has 5 nitrogen and oxygen atoms in total. The molecule has 0 unspecified atom stereocenters. The number of carbonyl (C=O) groups excluding carboxylic acids is 1. The molecule has 0 radical (unpaired) electrons. The molecule has 2 rings (SSSR count). The summed E-state index contributed by atoms with van der Waals surface area (Å²) < 4.78 is 4.92. The molecule has 0 spiro atoms. The van der Waals surface area contributed by atoms with Gasteiger partial charge in [0, 0.05) is 32.9 Å². The van der Waals surface area contributed by atoms with Crippen LogP contribution in [0.25, 0.3) is 0 Å². The number of carbonyl (C=O) groups is 1. The molecule has 134 valence electrons. The Bertz CT molecular complexity index is 710. The van der Waals surface area contributed by atoms with E-state index in [4.69, 9.17) is 4.74 Å². The second-order valence-electron chi connectivity index (χ2n) is 5.78. The molecular formula is C21H23N3O2. The molecule has 0 aliphatic rings. The van der Waals surface area contributed by atoms with Gasteiger partial charge in [-0.2, -0.15) is 5.26 Å². The van der Waals surface area contributed by atoms with Crippen molar-refractivity contribution in [1.82, 2.24) is 10.2 Å². The zero-order valence-corrected chi connectivity index (χ0v) is 14.9. The van der Waals surface area contributed by atoms with Gasteiger partial charge in [-0.25, -0.2) is 0 Å². The van der Waals surface area contributed by atoms with Crippen LogP contribution in [0.15, 0.2) is 72.4 Å². The van der Waals surface area contributed by atoms with Crippen molar-refractivity contribution in [3.8, 4) is 6.07 Å². The molecule has 26 heavy (non-hydrogen) atoms. The lowest BCUT2D eigenvalue weighted by Gasteiger charge is -2.21. The number of benzene rings is 2. The third kappa shape index (κ3) is 6.42. The monoisotopic (exact) mass is 349 g/mol. The van der Waals surface area contributed by atoms with Crippen molar-refractivity contribution in [2.45, 2.75) is 13.1 Å². The molecule has 0 saturated heterocycles. The van der Waals surface area contributed by atoms with Gasteiger partial charge in [-0.3, -0.25) is 4.79 Å². The number of hydrogen-bond donors (Lipinski definition) is 1. The van der Waals surface area contributed by atoms with Gasteiger partial charge in [-0.15, -0.1) is 0 Å². The van der Waals surface area contributed by atoms with Gasteiger partial charge in [0.2, 0.25) is 0 Å². The van der Waals surface area contributed by atoms with Crippen LogP contribution >= 0.6 is 0 Å². The highest BCUT2D eigenvalue weighted by Crippen LogP contribution is 2.12. The first-order valence-corrected chi connectivity index (χ1v) is 8.44. The van der Waals surface area contributed by atoms with E-state index >= 15 is 0 Å². The zero-order chi connectivity index (χ0) is 18.6. The van der Waals surface area contributed by atoms with Crippen LogP contribution in [-0.4, -0.2) is 31.1 Å². The predicted octanol–water partition coefficient (Wildman–Crippen LogP) is 2.86. The first kappa shape index (κ1) is 19.2. The first-order valence-electron chi connectivity index (χ1n) is 8.44. The van der Waals surface area contributed by atoms with E-state index in [1.54, 1.807) is 13.3 Å². The lowest BCUT2D eigenvalue weighted by Crippen LogP contribution is -2.29. The predicted molar refractivity (Wildman–Crippen MR) is 101 cm³/mol. The molecule has 2 aromatic rings. The van der Waals surface area contributed by atoms with E-state index in [1.165, 1.54) is 0 Å². The quantitative estimate of drug-likeness (QED) is 0.429. The highest BCUT2D eigenvalue weighted by molar-refractivity contribution is 5.97. The minimum Gasteiger partial charge on any atom is -0.383 e. The smallest absolute Gasteiger partial charge is 0.263 e. The SMILES string of the molecule is COCCNC(=O)/C(C#N)=C\N(Cc1ccccc1)Cc1ccccc1. The summed E-state index contributed by atoms with van der Waals surface area (Å²) in [5.41, 5.74) is 2.29. The third-order valence-corrected chi connectivity index (χ3v) is 3.73. The molecule has 0 bridgehead atoms. The van der Waals surface area contributed by atoms with Crippen LogP contribution in [-0.2, 0) is 22.6 Å². The largest absolute Gasteiger partial charge is 0.383 e. The van der Waals surface area contributed by atoms with Crippen molar-refractivity contribution in [3.05, 3.63) is 83.6 Å². The van der Waals surface area contributed by atoms with Gasteiger partial charge in [0.15, 0.2) is 0 Å². The molecule has 0 fully saturated rings. The van der Waals surface area contributed by atoms with Crippen molar-refractivity contribution in [2.75, 3.05) is 20.3 Å². The maximum Gasteiger partial charge on any atom is 0.263 e. The molecule has 0 atom stereocenters. The van der Waals surface area contributed by atoms with Crippen LogP contribution in [0.3, 0.4) is 0 Å². The summed E-state index contributed by atoms with van der Waals surface area (Å²) in [5.74, 6) is -0.393. The van der Waals surface area contributed by atoms with Crippen LogP contribution in [0, 0.1) is 11.3 Å². The molecule has 0 aliphatic carbocycles. The maximum absolute atomic E-state index is 12.2. The highest BCUT2D eigenvalue weighted by atomic mass is 16.5. The summed E-state index contributed by atoms with van der Waals surface area (Å²) in [4.78, 5) is 14.2. The summed E-state index contributed by atoms with van der Waals surface area (Å²) >= 11 is 0. The fourth-order valence-electron chi connectivity index (χ4n) is 2.47. The van der Waals surface area contributed by atoms with E-state index in [0.717, 1.165) is 11.1 Å². The minimum atomic E-state index is -0.393. The second kappa shape index (κ2) is 10.7. The number of hydrogen-bond acceptors (Lipinski definition) is 4.